The number of amides is 1. The van der Waals surface area contributed by atoms with Gasteiger partial charge in [-0.1, -0.05) is 23.7 Å². The molecule has 5 nitrogen and oxygen atoms in total. The lowest BCUT2D eigenvalue weighted by molar-refractivity contribution is -0.138. The topological polar surface area (TPSA) is 78.4 Å². The van der Waals surface area contributed by atoms with E-state index in [0.717, 1.165) is 0 Å². The van der Waals surface area contributed by atoms with Gasteiger partial charge in [0, 0.05) is 0 Å². The first-order valence-electron chi connectivity index (χ1n) is 5.01. The molecule has 0 aliphatic heterocycles. The molecule has 3 N–H and O–H groups in total. The van der Waals surface area contributed by atoms with Crippen molar-refractivity contribution in [3.63, 3.8) is 0 Å². The Hall–Kier alpha value is -1.66. The molecule has 0 bridgehead atoms. The molecule has 0 saturated heterocycles. The number of nitrogens with one attached hydrogen (secondary N) is 2. The Morgan fingerprint density at radius 3 is 2.56 bits per heavy atom. The minimum absolute atomic E-state index is 0.0604. The van der Waals surface area contributed by atoms with Crippen LogP contribution in [0.15, 0.2) is 24.3 Å². The fourth-order valence-corrected chi connectivity index (χ4v) is 1.60. The number of benzene rings is 1. The molecule has 1 aromatic rings. The van der Waals surface area contributed by atoms with Gasteiger partial charge in [-0.2, -0.15) is 0 Å². The van der Waals surface area contributed by atoms with Gasteiger partial charge in [-0.05, 0) is 31.3 Å². The SMILES string of the molecule is C[C@H](NC(=S)NC(=O)c1ccccc1Cl)C(=O)O. The first-order chi connectivity index (χ1) is 8.41. The lowest BCUT2D eigenvalue weighted by Crippen LogP contribution is -2.46. The van der Waals surface area contributed by atoms with Crippen LogP contribution < -0.4 is 10.6 Å². The van der Waals surface area contributed by atoms with Crippen LogP contribution in [-0.2, 0) is 4.79 Å². The van der Waals surface area contributed by atoms with Gasteiger partial charge in [0.15, 0.2) is 5.11 Å². The number of aliphatic carboxylic acids is 1. The summed E-state index contributed by atoms with van der Waals surface area (Å²) < 4.78 is 0. The zero-order valence-corrected chi connectivity index (χ0v) is 11.0. The van der Waals surface area contributed by atoms with E-state index in [1.54, 1.807) is 24.3 Å². The van der Waals surface area contributed by atoms with Crippen molar-refractivity contribution in [1.29, 1.82) is 0 Å². The minimum Gasteiger partial charge on any atom is -0.480 e. The summed E-state index contributed by atoms with van der Waals surface area (Å²) in [5.41, 5.74) is 0.270. The van der Waals surface area contributed by atoms with Gasteiger partial charge in [0.25, 0.3) is 5.91 Å². The van der Waals surface area contributed by atoms with Crippen LogP contribution in [-0.4, -0.2) is 28.1 Å². The van der Waals surface area contributed by atoms with Crippen molar-refractivity contribution < 1.29 is 14.7 Å². The molecule has 0 radical (unpaired) electrons. The van der Waals surface area contributed by atoms with Crippen LogP contribution in [0.3, 0.4) is 0 Å². The molecule has 96 valence electrons. The third-order valence-corrected chi connectivity index (χ3v) is 2.61. The first kappa shape index (κ1) is 14.4. The van der Waals surface area contributed by atoms with Gasteiger partial charge in [-0.25, -0.2) is 0 Å². The molecule has 0 aliphatic carbocycles. The Labute approximate surface area is 114 Å². The predicted molar refractivity (Wildman–Crippen MR) is 71.7 cm³/mol. The number of carbonyl (C=O) groups excluding carboxylic acids is 1. The molecular weight excluding hydrogens is 276 g/mol. The van der Waals surface area contributed by atoms with Crippen molar-refractivity contribution in [1.82, 2.24) is 10.6 Å². The number of halogens is 1. The summed E-state index contributed by atoms with van der Waals surface area (Å²) in [4.78, 5) is 22.3. The van der Waals surface area contributed by atoms with E-state index in [1.807, 2.05) is 0 Å². The van der Waals surface area contributed by atoms with Crippen LogP contribution in [0.2, 0.25) is 5.02 Å². The maximum absolute atomic E-state index is 11.8. The Kier molecular flexibility index (Phi) is 5.06. The van der Waals surface area contributed by atoms with Crippen molar-refractivity contribution in [2.45, 2.75) is 13.0 Å². The minimum atomic E-state index is -1.07. The van der Waals surface area contributed by atoms with Gasteiger partial charge in [-0.15, -0.1) is 0 Å². The van der Waals surface area contributed by atoms with Crippen molar-refractivity contribution >= 4 is 40.8 Å². The molecule has 1 amide bonds. The number of thiocarbonyl (C=S) groups is 1. The number of hydrogen-bond donors (Lipinski definition) is 3. The number of carboxylic acids is 1. The molecule has 1 aromatic carbocycles. The second kappa shape index (κ2) is 6.32. The second-order valence-corrected chi connectivity index (χ2v) is 4.28. The molecule has 18 heavy (non-hydrogen) atoms. The highest BCUT2D eigenvalue weighted by molar-refractivity contribution is 7.80. The maximum atomic E-state index is 11.8. The van der Waals surface area contributed by atoms with Crippen molar-refractivity contribution in [3.8, 4) is 0 Å². The molecule has 0 heterocycles. The molecule has 0 saturated carbocycles. The van der Waals surface area contributed by atoms with Crippen molar-refractivity contribution in [3.05, 3.63) is 34.9 Å². The Bertz CT molecular complexity index is 493. The number of carbonyl (C=O) groups is 2. The highest BCUT2D eigenvalue weighted by atomic mass is 35.5. The number of rotatable bonds is 3. The molecule has 7 heteroatoms. The van der Waals surface area contributed by atoms with Gasteiger partial charge in [0.05, 0.1) is 10.6 Å². The number of hydrogen-bond acceptors (Lipinski definition) is 3. The van der Waals surface area contributed by atoms with Crippen LogP contribution in [0.25, 0.3) is 0 Å². The van der Waals surface area contributed by atoms with Crippen LogP contribution in [0.5, 0.6) is 0 Å². The van der Waals surface area contributed by atoms with Crippen molar-refractivity contribution in [2.24, 2.45) is 0 Å². The summed E-state index contributed by atoms with van der Waals surface area (Å²) >= 11 is 10.7. The second-order valence-electron chi connectivity index (χ2n) is 3.47. The Morgan fingerprint density at radius 1 is 1.39 bits per heavy atom. The lowest BCUT2D eigenvalue weighted by Gasteiger charge is -2.12. The van der Waals surface area contributed by atoms with Crippen LogP contribution >= 0.6 is 23.8 Å². The lowest BCUT2D eigenvalue weighted by atomic mass is 10.2. The van der Waals surface area contributed by atoms with Crippen LogP contribution in [0.1, 0.15) is 17.3 Å². The fourth-order valence-electron chi connectivity index (χ4n) is 1.11. The normalized spacial score (nSPS) is 11.4. The average Bonchev–Trinajstić information content (AvgIpc) is 2.28. The summed E-state index contributed by atoms with van der Waals surface area (Å²) in [6.07, 6.45) is 0. The fraction of sp³-hybridized carbons (Fsp3) is 0.182. The summed E-state index contributed by atoms with van der Waals surface area (Å²) in [6.45, 7) is 1.41. The quantitative estimate of drug-likeness (QED) is 0.733. The highest BCUT2D eigenvalue weighted by Crippen LogP contribution is 2.14. The van der Waals surface area contributed by atoms with E-state index in [1.165, 1.54) is 6.92 Å². The Morgan fingerprint density at radius 2 is 2.00 bits per heavy atom. The first-order valence-corrected chi connectivity index (χ1v) is 5.79. The van der Waals surface area contributed by atoms with Gasteiger partial charge in [0.2, 0.25) is 0 Å². The summed E-state index contributed by atoms with van der Waals surface area (Å²) in [5, 5.41) is 13.7. The summed E-state index contributed by atoms with van der Waals surface area (Å²) in [5.74, 6) is -1.56. The smallest absolute Gasteiger partial charge is 0.325 e. The average molecular weight is 287 g/mol. The molecule has 0 spiro atoms. The largest absolute Gasteiger partial charge is 0.480 e. The van der Waals surface area contributed by atoms with Crippen LogP contribution in [0, 0.1) is 0 Å². The molecule has 0 aromatic heterocycles. The van der Waals surface area contributed by atoms with Crippen LogP contribution in [0.4, 0.5) is 0 Å². The molecule has 1 rings (SSSR count). The van der Waals surface area contributed by atoms with Gasteiger partial charge >= 0.3 is 5.97 Å². The van der Waals surface area contributed by atoms with E-state index in [2.05, 4.69) is 10.6 Å². The van der Waals surface area contributed by atoms with E-state index in [-0.39, 0.29) is 10.7 Å². The third-order valence-electron chi connectivity index (χ3n) is 2.06. The zero-order valence-electron chi connectivity index (χ0n) is 9.44. The van der Waals surface area contributed by atoms with E-state index >= 15 is 0 Å². The van der Waals surface area contributed by atoms with Gasteiger partial charge in [-0.3, -0.25) is 14.9 Å². The van der Waals surface area contributed by atoms with E-state index in [4.69, 9.17) is 28.9 Å². The third kappa shape index (κ3) is 3.97. The van der Waals surface area contributed by atoms with Gasteiger partial charge < -0.3 is 10.4 Å². The zero-order chi connectivity index (χ0) is 13.7. The predicted octanol–water partition coefficient (Wildman–Crippen LogP) is 1.42. The monoisotopic (exact) mass is 286 g/mol. The van der Waals surface area contributed by atoms with Crippen molar-refractivity contribution in [2.75, 3.05) is 0 Å². The molecule has 0 fully saturated rings. The van der Waals surface area contributed by atoms with E-state index in [9.17, 15) is 9.59 Å². The molecule has 0 unspecified atom stereocenters. The molecule has 1 atom stereocenters. The van der Waals surface area contributed by atoms with E-state index in [0.29, 0.717) is 5.02 Å². The Balaban J connectivity index is 2.63. The van der Waals surface area contributed by atoms with Gasteiger partial charge in [0.1, 0.15) is 6.04 Å². The summed E-state index contributed by atoms with van der Waals surface area (Å²) in [7, 11) is 0. The standard InChI is InChI=1S/C11H11ClN2O3S/c1-6(10(16)17)13-11(18)14-9(15)7-4-2-3-5-8(7)12/h2-6H,1H3,(H,16,17)(H2,13,14,15,18)/t6-/m0/s1. The highest BCUT2D eigenvalue weighted by Gasteiger charge is 2.15. The molecule has 0 aliphatic rings. The number of carboxylic acid groups (broad SMARTS) is 1. The summed E-state index contributed by atoms with van der Waals surface area (Å²) in [6, 6.07) is 5.59. The van der Waals surface area contributed by atoms with E-state index < -0.39 is 17.9 Å². The maximum Gasteiger partial charge on any atom is 0.325 e. The molecular formula is C11H11ClN2O3S.